The van der Waals surface area contributed by atoms with Crippen LogP contribution in [0.1, 0.15) is 32.1 Å². The predicted octanol–water partition coefficient (Wildman–Crippen LogP) is 2.40. The highest BCUT2D eigenvalue weighted by Crippen LogP contribution is 2.30. The third kappa shape index (κ3) is 4.84. The first-order valence-corrected chi connectivity index (χ1v) is 6.56. The monoisotopic (exact) mass is 250 g/mol. The Kier molecular flexibility index (Phi) is 4.31. The molecule has 0 bridgehead atoms. The molecule has 1 unspecified atom stereocenters. The average Bonchev–Trinajstić information content (AvgIpc) is 3.08. The molecule has 100 valence electrons. The lowest BCUT2D eigenvalue weighted by atomic mass is 9.99. The first-order valence-electron chi connectivity index (χ1n) is 6.56. The van der Waals surface area contributed by atoms with Crippen LogP contribution in [-0.2, 0) is 0 Å². The SMILES string of the molecule is FC(F)(F)CCN(CC1CCCNC1)C1CC1. The summed E-state index contributed by atoms with van der Waals surface area (Å²) in [5.74, 6) is 0.539. The van der Waals surface area contributed by atoms with Crippen molar-refractivity contribution in [1.29, 1.82) is 0 Å². The Balaban J connectivity index is 1.76. The summed E-state index contributed by atoms with van der Waals surface area (Å²) in [6, 6.07) is 0.430. The minimum atomic E-state index is -4.02. The van der Waals surface area contributed by atoms with E-state index >= 15 is 0 Å². The molecule has 0 aromatic rings. The summed E-state index contributed by atoms with van der Waals surface area (Å²) in [4.78, 5) is 2.06. The van der Waals surface area contributed by atoms with E-state index in [0.29, 0.717) is 12.0 Å². The Morgan fingerprint density at radius 3 is 2.47 bits per heavy atom. The van der Waals surface area contributed by atoms with Crippen molar-refractivity contribution >= 4 is 0 Å². The molecule has 0 aromatic carbocycles. The lowest BCUT2D eigenvalue weighted by molar-refractivity contribution is -0.138. The van der Waals surface area contributed by atoms with Crippen LogP contribution in [0.5, 0.6) is 0 Å². The van der Waals surface area contributed by atoms with Crippen LogP contribution in [0.4, 0.5) is 13.2 Å². The summed E-state index contributed by atoms with van der Waals surface area (Å²) in [6.45, 7) is 3.05. The van der Waals surface area contributed by atoms with Gasteiger partial charge in [-0.05, 0) is 44.7 Å². The average molecular weight is 250 g/mol. The van der Waals surface area contributed by atoms with Crippen molar-refractivity contribution in [2.75, 3.05) is 26.2 Å². The van der Waals surface area contributed by atoms with Crippen LogP contribution in [0, 0.1) is 5.92 Å². The van der Waals surface area contributed by atoms with Crippen LogP contribution >= 0.6 is 0 Å². The number of alkyl halides is 3. The first-order chi connectivity index (χ1) is 8.04. The maximum atomic E-state index is 12.2. The van der Waals surface area contributed by atoms with Gasteiger partial charge in [0.25, 0.3) is 0 Å². The minimum Gasteiger partial charge on any atom is -0.316 e. The fraction of sp³-hybridized carbons (Fsp3) is 1.00. The maximum absolute atomic E-state index is 12.2. The molecule has 2 nitrogen and oxygen atoms in total. The highest BCUT2D eigenvalue weighted by atomic mass is 19.4. The van der Waals surface area contributed by atoms with E-state index in [4.69, 9.17) is 0 Å². The number of piperidine rings is 1. The molecule has 1 saturated heterocycles. The molecule has 1 aliphatic carbocycles. The Morgan fingerprint density at radius 1 is 1.18 bits per heavy atom. The van der Waals surface area contributed by atoms with E-state index in [2.05, 4.69) is 10.2 Å². The van der Waals surface area contributed by atoms with Gasteiger partial charge in [-0.15, -0.1) is 0 Å². The van der Waals surface area contributed by atoms with Crippen molar-refractivity contribution in [2.45, 2.75) is 44.3 Å². The van der Waals surface area contributed by atoms with Crippen LogP contribution in [-0.4, -0.2) is 43.3 Å². The van der Waals surface area contributed by atoms with Crippen LogP contribution in [0.2, 0.25) is 0 Å². The molecule has 1 heterocycles. The zero-order valence-corrected chi connectivity index (χ0v) is 10.1. The summed E-state index contributed by atoms with van der Waals surface area (Å²) in [5.41, 5.74) is 0. The van der Waals surface area contributed by atoms with Gasteiger partial charge < -0.3 is 5.32 Å². The van der Waals surface area contributed by atoms with Crippen molar-refractivity contribution in [3.63, 3.8) is 0 Å². The number of rotatable bonds is 5. The molecule has 1 atom stereocenters. The number of nitrogens with one attached hydrogen (secondary N) is 1. The zero-order valence-electron chi connectivity index (χ0n) is 10.1. The van der Waals surface area contributed by atoms with Gasteiger partial charge in [-0.2, -0.15) is 13.2 Å². The van der Waals surface area contributed by atoms with Gasteiger partial charge >= 0.3 is 6.18 Å². The summed E-state index contributed by atoms with van der Waals surface area (Å²) < 4.78 is 36.7. The third-order valence-corrected chi connectivity index (χ3v) is 3.64. The van der Waals surface area contributed by atoms with Gasteiger partial charge in [0.15, 0.2) is 0 Å². The molecule has 5 heteroatoms. The van der Waals surface area contributed by atoms with Crippen molar-refractivity contribution in [3.05, 3.63) is 0 Å². The largest absolute Gasteiger partial charge is 0.390 e. The highest BCUT2D eigenvalue weighted by Gasteiger charge is 2.34. The summed E-state index contributed by atoms with van der Waals surface area (Å²) in [5, 5.41) is 3.32. The minimum absolute atomic E-state index is 0.185. The molecule has 0 radical (unpaired) electrons. The molecule has 1 N–H and O–H groups in total. The normalized spacial score (nSPS) is 26.5. The third-order valence-electron chi connectivity index (χ3n) is 3.64. The molecule has 2 fully saturated rings. The molecule has 0 amide bonds. The van der Waals surface area contributed by atoms with Crippen molar-refractivity contribution < 1.29 is 13.2 Å². The van der Waals surface area contributed by atoms with Gasteiger partial charge in [-0.3, -0.25) is 4.90 Å². The van der Waals surface area contributed by atoms with Gasteiger partial charge in [0, 0.05) is 19.1 Å². The van der Waals surface area contributed by atoms with E-state index in [0.717, 1.165) is 45.3 Å². The first kappa shape index (κ1) is 13.1. The Labute approximate surface area is 101 Å². The number of hydrogen-bond acceptors (Lipinski definition) is 2. The van der Waals surface area contributed by atoms with Crippen molar-refractivity contribution in [3.8, 4) is 0 Å². The van der Waals surface area contributed by atoms with Gasteiger partial charge in [0.2, 0.25) is 0 Å². The van der Waals surface area contributed by atoms with Gasteiger partial charge in [0.1, 0.15) is 0 Å². The van der Waals surface area contributed by atoms with Crippen LogP contribution in [0.3, 0.4) is 0 Å². The molecular formula is C12H21F3N2. The second-order valence-corrected chi connectivity index (χ2v) is 5.30. The van der Waals surface area contributed by atoms with E-state index in [1.54, 1.807) is 0 Å². The van der Waals surface area contributed by atoms with Crippen LogP contribution < -0.4 is 5.32 Å². The molecular weight excluding hydrogens is 229 g/mol. The number of hydrogen-bond donors (Lipinski definition) is 1. The highest BCUT2D eigenvalue weighted by molar-refractivity contribution is 4.87. The van der Waals surface area contributed by atoms with Crippen molar-refractivity contribution in [1.82, 2.24) is 10.2 Å². The number of nitrogens with zero attached hydrogens (tertiary/aromatic N) is 1. The molecule has 2 aliphatic rings. The lowest BCUT2D eigenvalue weighted by Gasteiger charge is -2.30. The lowest BCUT2D eigenvalue weighted by Crippen LogP contribution is -2.40. The standard InChI is InChI=1S/C12H21F3N2/c13-12(14,15)5-7-17(11-3-4-11)9-10-2-1-6-16-8-10/h10-11,16H,1-9H2. The molecule has 2 rings (SSSR count). The predicted molar refractivity (Wildman–Crippen MR) is 60.9 cm³/mol. The Bertz CT molecular complexity index is 232. The summed E-state index contributed by atoms with van der Waals surface area (Å²) in [7, 11) is 0. The topological polar surface area (TPSA) is 15.3 Å². The second kappa shape index (κ2) is 5.57. The van der Waals surface area contributed by atoms with Gasteiger partial charge in [-0.1, -0.05) is 0 Å². The van der Waals surface area contributed by atoms with Gasteiger partial charge in [-0.25, -0.2) is 0 Å². The molecule has 0 spiro atoms. The van der Waals surface area contributed by atoms with E-state index in [1.807, 2.05) is 0 Å². The Hall–Kier alpha value is -0.290. The van der Waals surface area contributed by atoms with E-state index in [1.165, 1.54) is 0 Å². The summed E-state index contributed by atoms with van der Waals surface area (Å²) in [6.07, 6.45) is -0.206. The van der Waals surface area contributed by atoms with E-state index in [-0.39, 0.29) is 6.54 Å². The molecule has 17 heavy (non-hydrogen) atoms. The molecule has 1 aliphatic heterocycles. The van der Waals surface area contributed by atoms with Gasteiger partial charge in [0.05, 0.1) is 6.42 Å². The summed E-state index contributed by atoms with van der Waals surface area (Å²) >= 11 is 0. The van der Waals surface area contributed by atoms with E-state index < -0.39 is 12.6 Å². The quantitative estimate of drug-likeness (QED) is 0.806. The number of halogens is 3. The second-order valence-electron chi connectivity index (χ2n) is 5.30. The fourth-order valence-corrected chi connectivity index (χ4v) is 2.54. The fourth-order valence-electron chi connectivity index (χ4n) is 2.54. The van der Waals surface area contributed by atoms with Crippen LogP contribution in [0.15, 0.2) is 0 Å². The maximum Gasteiger partial charge on any atom is 0.390 e. The van der Waals surface area contributed by atoms with Crippen molar-refractivity contribution in [2.24, 2.45) is 5.92 Å². The zero-order chi connectivity index (χ0) is 12.3. The van der Waals surface area contributed by atoms with E-state index in [9.17, 15) is 13.2 Å². The van der Waals surface area contributed by atoms with Crippen LogP contribution in [0.25, 0.3) is 0 Å². The molecule has 0 aromatic heterocycles. The smallest absolute Gasteiger partial charge is 0.316 e. The Morgan fingerprint density at radius 2 is 1.94 bits per heavy atom. The molecule has 1 saturated carbocycles.